The molecule has 1 fully saturated rings. The molecule has 1 unspecified atom stereocenters. The van der Waals surface area contributed by atoms with Crippen LogP contribution < -0.4 is 20.1 Å². The van der Waals surface area contributed by atoms with Gasteiger partial charge in [-0.25, -0.2) is 4.99 Å². The quantitative estimate of drug-likeness (QED) is 0.437. The second-order valence-electron chi connectivity index (χ2n) is 7.86. The van der Waals surface area contributed by atoms with Gasteiger partial charge in [0.25, 0.3) is 0 Å². The molecule has 7 nitrogen and oxygen atoms in total. The third kappa shape index (κ3) is 7.73. The first-order valence-corrected chi connectivity index (χ1v) is 11.4. The molecule has 2 aromatic carbocycles. The Morgan fingerprint density at radius 2 is 1.72 bits per heavy atom. The SMILES string of the molecule is CCNC(=NCc1ccc(CN2CCOCC2)cc1)NCC(C)Oc1ccccc1OC. The van der Waals surface area contributed by atoms with Crippen LogP contribution in [0.3, 0.4) is 0 Å². The van der Waals surface area contributed by atoms with Gasteiger partial charge in [0.1, 0.15) is 6.10 Å². The zero-order chi connectivity index (χ0) is 22.6. The minimum Gasteiger partial charge on any atom is -0.493 e. The van der Waals surface area contributed by atoms with E-state index < -0.39 is 0 Å². The lowest BCUT2D eigenvalue weighted by atomic mass is 10.1. The summed E-state index contributed by atoms with van der Waals surface area (Å²) in [6, 6.07) is 16.4. The molecule has 0 spiro atoms. The van der Waals surface area contributed by atoms with Gasteiger partial charge in [0.15, 0.2) is 17.5 Å². The molecule has 1 aliphatic heterocycles. The van der Waals surface area contributed by atoms with Gasteiger partial charge in [-0.2, -0.15) is 0 Å². The Hall–Kier alpha value is -2.77. The molecule has 0 radical (unpaired) electrons. The largest absolute Gasteiger partial charge is 0.493 e. The Kier molecular flexibility index (Phi) is 9.65. The van der Waals surface area contributed by atoms with Crippen LogP contribution in [0, 0.1) is 0 Å². The van der Waals surface area contributed by atoms with Gasteiger partial charge in [-0.3, -0.25) is 4.90 Å². The molecule has 7 heteroatoms. The smallest absolute Gasteiger partial charge is 0.191 e. The Labute approximate surface area is 191 Å². The molecule has 1 heterocycles. The van der Waals surface area contributed by atoms with Crippen LogP contribution in [0.15, 0.2) is 53.5 Å². The number of nitrogens with zero attached hydrogens (tertiary/aromatic N) is 2. The van der Waals surface area contributed by atoms with E-state index in [2.05, 4.69) is 46.7 Å². The van der Waals surface area contributed by atoms with Crippen molar-refractivity contribution in [2.24, 2.45) is 4.99 Å². The van der Waals surface area contributed by atoms with Gasteiger partial charge in [-0.1, -0.05) is 36.4 Å². The van der Waals surface area contributed by atoms with Gasteiger partial charge < -0.3 is 24.8 Å². The summed E-state index contributed by atoms with van der Waals surface area (Å²) in [6.45, 7) is 10.8. The number of hydrogen-bond acceptors (Lipinski definition) is 5. The van der Waals surface area contributed by atoms with Gasteiger partial charge >= 0.3 is 0 Å². The standard InChI is InChI=1S/C25H36N4O3/c1-4-26-25(27-17-20(2)32-24-8-6-5-7-23(24)30-3)28-18-21-9-11-22(12-10-21)19-29-13-15-31-16-14-29/h5-12,20H,4,13-19H2,1-3H3,(H2,26,27,28). The maximum atomic E-state index is 6.02. The molecule has 1 aliphatic rings. The molecule has 174 valence electrons. The number of methoxy groups -OCH3 is 1. The Morgan fingerprint density at radius 1 is 1.03 bits per heavy atom. The summed E-state index contributed by atoms with van der Waals surface area (Å²) >= 11 is 0. The van der Waals surface area contributed by atoms with E-state index in [1.165, 1.54) is 11.1 Å². The molecular formula is C25H36N4O3. The fraction of sp³-hybridized carbons (Fsp3) is 0.480. The highest BCUT2D eigenvalue weighted by Gasteiger charge is 2.11. The fourth-order valence-corrected chi connectivity index (χ4v) is 3.49. The first-order chi connectivity index (χ1) is 15.7. The van der Waals surface area contributed by atoms with Crippen LogP contribution in [-0.4, -0.2) is 63.5 Å². The van der Waals surface area contributed by atoms with Crippen LogP contribution in [0.1, 0.15) is 25.0 Å². The first-order valence-electron chi connectivity index (χ1n) is 11.4. The zero-order valence-electron chi connectivity index (χ0n) is 19.5. The summed E-state index contributed by atoms with van der Waals surface area (Å²) in [5.74, 6) is 2.25. The number of morpholine rings is 1. The molecule has 2 N–H and O–H groups in total. The number of benzene rings is 2. The van der Waals surface area contributed by atoms with Gasteiger partial charge in [0.05, 0.1) is 33.4 Å². The summed E-state index contributed by atoms with van der Waals surface area (Å²) in [4.78, 5) is 7.16. The van der Waals surface area contributed by atoms with Crippen molar-refractivity contribution in [3.05, 3.63) is 59.7 Å². The monoisotopic (exact) mass is 440 g/mol. The van der Waals surface area contributed by atoms with Gasteiger partial charge in [-0.15, -0.1) is 0 Å². The van der Waals surface area contributed by atoms with Crippen LogP contribution in [-0.2, 0) is 17.8 Å². The minimum absolute atomic E-state index is 0.0466. The molecule has 0 bridgehead atoms. The molecule has 1 saturated heterocycles. The molecule has 0 aromatic heterocycles. The van der Waals surface area contributed by atoms with Crippen LogP contribution in [0.4, 0.5) is 0 Å². The second-order valence-corrected chi connectivity index (χ2v) is 7.86. The van der Waals surface area contributed by atoms with Crippen molar-refractivity contribution in [1.29, 1.82) is 0 Å². The van der Waals surface area contributed by atoms with Crippen LogP contribution in [0.25, 0.3) is 0 Å². The normalized spacial score (nSPS) is 15.8. The van der Waals surface area contributed by atoms with Crippen molar-refractivity contribution in [1.82, 2.24) is 15.5 Å². The molecule has 1 atom stereocenters. The number of guanidine groups is 1. The predicted octanol–water partition coefficient (Wildman–Crippen LogP) is 3.05. The van der Waals surface area contributed by atoms with E-state index in [-0.39, 0.29) is 6.10 Å². The van der Waals surface area contributed by atoms with Crippen molar-refractivity contribution in [2.45, 2.75) is 33.0 Å². The highest BCUT2D eigenvalue weighted by atomic mass is 16.5. The van der Waals surface area contributed by atoms with E-state index in [4.69, 9.17) is 19.2 Å². The van der Waals surface area contributed by atoms with Crippen LogP contribution in [0.2, 0.25) is 0 Å². The average Bonchev–Trinajstić information content (AvgIpc) is 2.83. The van der Waals surface area contributed by atoms with Crippen LogP contribution in [0.5, 0.6) is 11.5 Å². The number of rotatable bonds is 10. The van der Waals surface area contributed by atoms with Crippen molar-refractivity contribution in [3.63, 3.8) is 0 Å². The summed E-state index contributed by atoms with van der Waals surface area (Å²) in [5, 5.41) is 6.67. The number of ether oxygens (including phenoxy) is 3. The zero-order valence-corrected chi connectivity index (χ0v) is 19.5. The molecular weight excluding hydrogens is 404 g/mol. The van der Waals surface area contributed by atoms with Crippen molar-refractivity contribution in [2.75, 3.05) is 46.5 Å². The lowest BCUT2D eigenvalue weighted by molar-refractivity contribution is 0.0342. The molecule has 0 amide bonds. The number of hydrogen-bond donors (Lipinski definition) is 2. The van der Waals surface area contributed by atoms with E-state index in [0.717, 1.165) is 56.9 Å². The van der Waals surface area contributed by atoms with Gasteiger partial charge in [-0.05, 0) is 37.1 Å². The van der Waals surface area contributed by atoms with Gasteiger partial charge in [0.2, 0.25) is 0 Å². The van der Waals surface area contributed by atoms with E-state index in [9.17, 15) is 0 Å². The average molecular weight is 441 g/mol. The molecule has 32 heavy (non-hydrogen) atoms. The minimum atomic E-state index is -0.0466. The highest BCUT2D eigenvalue weighted by molar-refractivity contribution is 5.79. The molecule has 0 saturated carbocycles. The Bertz CT molecular complexity index is 835. The van der Waals surface area contributed by atoms with Crippen molar-refractivity contribution < 1.29 is 14.2 Å². The third-order valence-electron chi connectivity index (χ3n) is 5.25. The summed E-state index contributed by atoms with van der Waals surface area (Å²) in [6.07, 6.45) is -0.0466. The number of para-hydroxylation sites is 2. The molecule has 0 aliphatic carbocycles. The van der Waals surface area contributed by atoms with Gasteiger partial charge in [0, 0.05) is 26.2 Å². The third-order valence-corrected chi connectivity index (χ3v) is 5.25. The molecule has 3 rings (SSSR count). The fourth-order valence-electron chi connectivity index (χ4n) is 3.49. The summed E-state index contributed by atoms with van der Waals surface area (Å²) in [5.41, 5.74) is 2.51. The predicted molar refractivity (Wildman–Crippen MR) is 128 cm³/mol. The topological polar surface area (TPSA) is 67.4 Å². The highest BCUT2D eigenvalue weighted by Crippen LogP contribution is 2.26. The maximum Gasteiger partial charge on any atom is 0.191 e. The lowest BCUT2D eigenvalue weighted by Gasteiger charge is -2.26. The van der Waals surface area contributed by atoms with E-state index >= 15 is 0 Å². The van der Waals surface area contributed by atoms with Crippen LogP contribution >= 0.6 is 0 Å². The number of aliphatic imine (C=N–C) groups is 1. The Morgan fingerprint density at radius 3 is 2.41 bits per heavy atom. The Balaban J connectivity index is 1.49. The van der Waals surface area contributed by atoms with E-state index in [1.54, 1.807) is 7.11 Å². The van der Waals surface area contributed by atoms with Crippen molar-refractivity contribution >= 4 is 5.96 Å². The first kappa shape index (κ1) is 23.9. The van der Waals surface area contributed by atoms with Crippen molar-refractivity contribution in [3.8, 4) is 11.5 Å². The summed E-state index contributed by atoms with van der Waals surface area (Å²) < 4.78 is 16.8. The maximum absolute atomic E-state index is 6.02. The number of nitrogens with one attached hydrogen (secondary N) is 2. The second kappa shape index (κ2) is 12.9. The summed E-state index contributed by atoms with van der Waals surface area (Å²) in [7, 11) is 1.65. The van der Waals surface area contributed by atoms with E-state index in [1.807, 2.05) is 31.2 Å². The van der Waals surface area contributed by atoms with E-state index in [0.29, 0.717) is 13.1 Å². The lowest BCUT2D eigenvalue weighted by Crippen LogP contribution is -2.41. The molecule has 2 aromatic rings.